The van der Waals surface area contributed by atoms with E-state index in [1.807, 2.05) is 0 Å². The van der Waals surface area contributed by atoms with Crippen molar-refractivity contribution >= 4 is 0 Å². The Morgan fingerprint density at radius 3 is 2.67 bits per heavy atom. The first-order valence-corrected chi connectivity index (χ1v) is 3.76. The number of hydrogen-bond acceptors (Lipinski definition) is 3. The molecule has 0 saturated heterocycles. The fraction of sp³-hybridized carbons (Fsp3) is 0.250. The summed E-state index contributed by atoms with van der Waals surface area (Å²) >= 11 is 0. The topological polar surface area (TPSA) is 65.9 Å². The summed E-state index contributed by atoms with van der Waals surface area (Å²) in [6, 6.07) is 3.39. The van der Waals surface area contributed by atoms with E-state index < -0.39 is 17.7 Å². The van der Waals surface area contributed by atoms with Gasteiger partial charge in [0.25, 0.3) is 0 Å². The fourth-order valence-corrected chi connectivity index (χ4v) is 0.933. The van der Waals surface area contributed by atoms with Crippen molar-refractivity contribution in [3.05, 3.63) is 28.0 Å². The molecule has 7 heteroatoms. The highest BCUT2D eigenvalue weighted by atomic mass is 19.4. The number of aromatic nitrogens is 1. The molecule has 0 aliphatic rings. The van der Waals surface area contributed by atoms with Crippen molar-refractivity contribution in [2.75, 3.05) is 0 Å². The van der Waals surface area contributed by atoms with E-state index in [0.29, 0.717) is 6.07 Å². The van der Waals surface area contributed by atoms with Gasteiger partial charge in [0.15, 0.2) is 5.43 Å². The molecule has 0 bridgehead atoms. The van der Waals surface area contributed by atoms with Gasteiger partial charge in [0.2, 0.25) is 5.88 Å². The summed E-state index contributed by atoms with van der Waals surface area (Å²) in [5, 5.41) is 8.30. The Hall–Kier alpha value is -1.97. The lowest BCUT2D eigenvalue weighted by Crippen LogP contribution is -2.19. The van der Waals surface area contributed by atoms with Gasteiger partial charge >= 0.3 is 6.36 Å². The van der Waals surface area contributed by atoms with Gasteiger partial charge in [-0.1, -0.05) is 0 Å². The lowest BCUT2D eigenvalue weighted by atomic mass is 10.3. The Bertz CT molecular complexity index is 444. The first-order valence-electron chi connectivity index (χ1n) is 3.76. The second-order valence-corrected chi connectivity index (χ2v) is 2.59. The van der Waals surface area contributed by atoms with Gasteiger partial charge < -0.3 is 9.72 Å². The monoisotopic (exact) mass is 218 g/mol. The number of hydrogen-bond donors (Lipinski definition) is 1. The van der Waals surface area contributed by atoms with Crippen LogP contribution in [0.5, 0.6) is 5.88 Å². The van der Waals surface area contributed by atoms with Crippen molar-refractivity contribution in [1.82, 2.24) is 4.98 Å². The van der Waals surface area contributed by atoms with Gasteiger partial charge in [0, 0.05) is 17.8 Å². The van der Waals surface area contributed by atoms with Gasteiger partial charge in [-0.05, 0) is 0 Å². The van der Waals surface area contributed by atoms with E-state index in [0.717, 1.165) is 6.07 Å². The van der Waals surface area contributed by atoms with Crippen LogP contribution in [-0.2, 0) is 6.42 Å². The average molecular weight is 218 g/mol. The molecule has 0 fully saturated rings. The lowest BCUT2D eigenvalue weighted by Gasteiger charge is -2.08. The first kappa shape index (κ1) is 11.1. The summed E-state index contributed by atoms with van der Waals surface area (Å²) in [5.74, 6) is -0.722. The number of rotatable bonds is 2. The van der Waals surface area contributed by atoms with Gasteiger partial charge in [-0.15, -0.1) is 13.2 Å². The minimum Gasteiger partial charge on any atom is -0.390 e. The zero-order valence-corrected chi connectivity index (χ0v) is 7.26. The molecule has 1 aromatic rings. The Morgan fingerprint density at radius 2 is 2.13 bits per heavy atom. The normalized spacial score (nSPS) is 10.8. The standard InChI is InChI=1S/C8H5F3N2O2/c9-8(10,11)15-7-4-6(14)3-5(13-7)1-2-12/h3-4H,1H2,(H,13,14). The van der Waals surface area contributed by atoms with Gasteiger partial charge in [-0.3, -0.25) is 4.79 Å². The summed E-state index contributed by atoms with van der Waals surface area (Å²) in [6.07, 6.45) is -5.06. The number of pyridine rings is 1. The van der Waals surface area contributed by atoms with E-state index in [9.17, 15) is 18.0 Å². The van der Waals surface area contributed by atoms with Gasteiger partial charge in [-0.2, -0.15) is 5.26 Å². The molecule has 15 heavy (non-hydrogen) atoms. The van der Waals surface area contributed by atoms with E-state index >= 15 is 0 Å². The van der Waals surface area contributed by atoms with Crippen LogP contribution < -0.4 is 10.2 Å². The van der Waals surface area contributed by atoms with Crippen LogP contribution in [0.15, 0.2) is 16.9 Å². The van der Waals surface area contributed by atoms with Gasteiger partial charge in [0.05, 0.1) is 12.5 Å². The number of halogens is 3. The largest absolute Gasteiger partial charge is 0.574 e. The number of aromatic amines is 1. The Morgan fingerprint density at radius 1 is 1.47 bits per heavy atom. The SMILES string of the molecule is N#CCc1cc(=O)cc(OC(F)(F)F)[nH]1. The number of nitrogens with one attached hydrogen (secondary N) is 1. The maximum Gasteiger partial charge on any atom is 0.574 e. The predicted octanol–water partition coefficient (Wildman–Crippen LogP) is 1.34. The fourth-order valence-electron chi connectivity index (χ4n) is 0.933. The van der Waals surface area contributed by atoms with Crippen LogP contribution in [0.2, 0.25) is 0 Å². The van der Waals surface area contributed by atoms with Gasteiger partial charge in [0.1, 0.15) is 0 Å². The maximum absolute atomic E-state index is 11.8. The summed E-state index contributed by atoms with van der Waals surface area (Å²) in [6.45, 7) is 0. The number of nitriles is 1. The molecule has 0 aliphatic heterocycles. The Labute approximate surface area is 81.9 Å². The zero-order chi connectivity index (χ0) is 11.5. The second kappa shape index (κ2) is 4.04. The average Bonchev–Trinajstić information content (AvgIpc) is 1.99. The molecule has 1 heterocycles. The van der Waals surface area contributed by atoms with Crippen LogP contribution in [0.3, 0.4) is 0 Å². The summed E-state index contributed by atoms with van der Waals surface area (Å²) < 4.78 is 38.8. The highest BCUT2D eigenvalue weighted by Crippen LogP contribution is 2.19. The minimum absolute atomic E-state index is 0.0734. The van der Waals surface area contributed by atoms with Crippen LogP contribution in [0.25, 0.3) is 0 Å². The number of H-pyrrole nitrogens is 1. The first-order chi connectivity index (χ1) is 6.90. The molecule has 1 aromatic heterocycles. The molecule has 0 atom stereocenters. The summed E-state index contributed by atoms with van der Waals surface area (Å²) in [7, 11) is 0. The molecule has 80 valence electrons. The number of alkyl halides is 3. The molecular formula is C8H5F3N2O2. The molecule has 0 saturated carbocycles. The van der Waals surface area contributed by atoms with Gasteiger partial charge in [-0.25, -0.2) is 0 Å². The Kier molecular flexibility index (Phi) is 2.99. The maximum atomic E-state index is 11.8. The molecule has 4 nitrogen and oxygen atoms in total. The van der Waals surface area contributed by atoms with Crippen LogP contribution in [-0.4, -0.2) is 11.3 Å². The quantitative estimate of drug-likeness (QED) is 0.814. The van der Waals surface area contributed by atoms with Crippen LogP contribution in [0, 0.1) is 11.3 Å². The molecule has 1 rings (SSSR count). The second-order valence-electron chi connectivity index (χ2n) is 2.59. The Balaban J connectivity index is 3.00. The molecule has 1 N–H and O–H groups in total. The van der Waals surface area contributed by atoms with E-state index in [-0.39, 0.29) is 12.1 Å². The van der Waals surface area contributed by atoms with E-state index in [1.54, 1.807) is 6.07 Å². The highest BCUT2D eigenvalue weighted by molar-refractivity contribution is 5.18. The van der Waals surface area contributed by atoms with Crippen LogP contribution in [0.1, 0.15) is 5.69 Å². The van der Waals surface area contributed by atoms with E-state index in [4.69, 9.17) is 5.26 Å². The third kappa shape index (κ3) is 3.72. The third-order valence-corrected chi connectivity index (χ3v) is 1.37. The third-order valence-electron chi connectivity index (χ3n) is 1.37. The van der Waals surface area contributed by atoms with E-state index in [2.05, 4.69) is 9.72 Å². The van der Waals surface area contributed by atoms with E-state index in [1.165, 1.54) is 0 Å². The highest BCUT2D eigenvalue weighted by Gasteiger charge is 2.31. The zero-order valence-electron chi connectivity index (χ0n) is 7.26. The lowest BCUT2D eigenvalue weighted by molar-refractivity contribution is -0.276. The predicted molar refractivity (Wildman–Crippen MR) is 43.1 cm³/mol. The molecule has 0 spiro atoms. The number of ether oxygens (including phenoxy) is 1. The molecule has 0 amide bonds. The van der Waals surface area contributed by atoms with Crippen molar-refractivity contribution in [2.24, 2.45) is 0 Å². The number of nitrogens with zero attached hydrogens (tertiary/aromatic N) is 1. The summed E-state index contributed by atoms with van der Waals surface area (Å²) in [5.41, 5.74) is -0.581. The smallest absolute Gasteiger partial charge is 0.390 e. The minimum atomic E-state index is -4.87. The van der Waals surface area contributed by atoms with Crippen LogP contribution in [0.4, 0.5) is 13.2 Å². The molecule has 0 aromatic carbocycles. The van der Waals surface area contributed by atoms with Crippen LogP contribution >= 0.6 is 0 Å². The molecule has 0 unspecified atom stereocenters. The molecular weight excluding hydrogens is 213 g/mol. The van der Waals surface area contributed by atoms with Crippen molar-refractivity contribution < 1.29 is 17.9 Å². The molecule has 0 aliphatic carbocycles. The molecule has 0 radical (unpaired) electrons. The van der Waals surface area contributed by atoms with Crippen molar-refractivity contribution in [3.63, 3.8) is 0 Å². The summed E-state index contributed by atoms with van der Waals surface area (Å²) in [4.78, 5) is 13.1. The van der Waals surface area contributed by atoms with Crippen molar-refractivity contribution in [3.8, 4) is 11.9 Å². The van der Waals surface area contributed by atoms with Crippen molar-refractivity contribution in [1.29, 1.82) is 5.26 Å². The van der Waals surface area contributed by atoms with Crippen molar-refractivity contribution in [2.45, 2.75) is 12.8 Å².